The molecule has 0 aliphatic carbocycles. The molecule has 0 amide bonds. The average molecular weight is 279 g/mol. The first-order valence-electron chi connectivity index (χ1n) is 6.96. The normalized spacial score (nSPS) is 12.8. The largest absolute Gasteiger partial charge is 0.492 e. The Morgan fingerprint density at radius 3 is 2.60 bits per heavy atom. The zero-order valence-corrected chi connectivity index (χ0v) is 13.0. The fourth-order valence-corrected chi connectivity index (χ4v) is 1.98. The van der Waals surface area contributed by atoms with Crippen molar-refractivity contribution in [3.63, 3.8) is 0 Å². The Morgan fingerprint density at radius 2 is 2.00 bits per heavy atom. The van der Waals surface area contributed by atoms with Gasteiger partial charge in [0.05, 0.1) is 12.5 Å². The highest BCUT2D eigenvalue weighted by atomic mass is 16.5. The number of ether oxygens (including phenoxy) is 2. The van der Waals surface area contributed by atoms with Gasteiger partial charge in [-0.05, 0) is 33.4 Å². The van der Waals surface area contributed by atoms with Gasteiger partial charge in [0, 0.05) is 11.6 Å². The molecule has 4 nitrogen and oxygen atoms in total. The maximum atomic E-state index is 11.7. The van der Waals surface area contributed by atoms with E-state index in [4.69, 9.17) is 9.47 Å². The van der Waals surface area contributed by atoms with Crippen molar-refractivity contribution in [2.24, 2.45) is 5.41 Å². The van der Waals surface area contributed by atoms with E-state index in [1.807, 2.05) is 38.1 Å². The highest BCUT2D eigenvalue weighted by Gasteiger charge is 2.30. The maximum Gasteiger partial charge on any atom is 0.314 e. The first kappa shape index (κ1) is 16.5. The van der Waals surface area contributed by atoms with Crippen LogP contribution in [0.25, 0.3) is 0 Å². The number of carbonyl (C=O) groups is 1. The first-order valence-corrected chi connectivity index (χ1v) is 6.96. The van der Waals surface area contributed by atoms with E-state index in [0.29, 0.717) is 0 Å². The van der Waals surface area contributed by atoms with E-state index in [1.165, 1.54) is 7.11 Å². The summed E-state index contributed by atoms with van der Waals surface area (Å²) in [6.45, 7) is 8.97. The van der Waals surface area contributed by atoms with E-state index in [2.05, 4.69) is 19.2 Å². The highest BCUT2D eigenvalue weighted by Crippen LogP contribution is 2.27. The van der Waals surface area contributed by atoms with Crippen LogP contribution < -0.4 is 10.1 Å². The second-order valence-electron chi connectivity index (χ2n) is 5.48. The third kappa shape index (κ3) is 4.23. The van der Waals surface area contributed by atoms with E-state index in [9.17, 15) is 4.79 Å². The second kappa shape index (κ2) is 7.29. The van der Waals surface area contributed by atoms with Crippen LogP contribution >= 0.6 is 0 Å². The molecule has 0 heterocycles. The standard InChI is InChI=1S/C16H25NO3/c1-6-17-12(2)13-9-7-8-10-14(13)20-11-16(3,4)15(18)19-5/h7-10,12,17H,6,11H2,1-5H3. The van der Waals surface area contributed by atoms with Crippen molar-refractivity contribution in [2.75, 3.05) is 20.3 Å². The third-order valence-corrected chi connectivity index (χ3v) is 3.22. The minimum absolute atomic E-state index is 0.206. The quantitative estimate of drug-likeness (QED) is 0.780. The number of hydrogen-bond donors (Lipinski definition) is 1. The van der Waals surface area contributed by atoms with Gasteiger partial charge >= 0.3 is 5.97 Å². The van der Waals surface area contributed by atoms with Crippen LogP contribution in [-0.4, -0.2) is 26.2 Å². The van der Waals surface area contributed by atoms with Gasteiger partial charge in [0.25, 0.3) is 0 Å². The lowest BCUT2D eigenvalue weighted by Crippen LogP contribution is -2.32. The predicted molar refractivity (Wildman–Crippen MR) is 79.8 cm³/mol. The summed E-state index contributed by atoms with van der Waals surface area (Å²) < 4.78 is 10.6. The predicted octanol–water partition coefficient (Wildman–Crippen LogP) is 2.94. The maximum absolute atomic E-state index is 11.7. The lowest BCUT2D eigenvalue weighted by Gasteiger charge is -2.24. The van der Waals surface area contributed by atoms with Crippen LogP contribution in [0.3, 0.4) is 0 Å². The van der Waals surface area contributed by atoms with Crippen LogP contribution in [0.4, 0.5) is 0 Å². The van der Waals surface area contributed by atoms with E-state index in [1.54, 1.807) is 0 Å². The molecule has 0 spiro atoms. The van der Waals surface area contributed by atoms with Crippen molar-refractivity contribution in [3.05, 3.63) is 29.8 Å². The van der Waals surface area contributed by atoms with Crippen molar-refractivity contribution < 1.29 is 14.3 Å². The first-order chi connectivity index (χ1) is 9.42. The van der Waals surface area contributed by atoms with Crippen LogP contribution in [0.15, 0.2) is 24.3 Å². The molecule has 1 aromatic rings. The van der Waals surface area contributed by atoms with E-state index < -0.39 is 5.41 Å². The zero-order valence-electron chi connectivity index (χ0n) is 13.0. The topological polar surface area (TPSA) is 47.6 Å². The number of rotatable bonds is 7. The van der Waals surface area contributed by atoms with Gasteiger partial charge in [0.15, 0.2) is 0 Å². The Bertz CT molecular complexity index is 443. The molecule has 0 radical (unpaired) electrons. The fourth-order valence-electron chi connectivity index (χ4n) is 1.98. The van der Waals surface area contributed by atoms with Crippen molar-refractivity contribution in [2.45, 2.75) is 33.7 Å². The molecule has 0 saturated carbocycles. The number of nitrogens with one attached hydrogen (secondary N) is 1. The number of esters is 1. The van der Waals surface area contributed by atoms with E-state index >= 15 is 0 Å². The number of benzene rings is 1. The lowest BCUT2D eigenvalue weighted by molar-refractivity contribution is -0.152. The van der Waals surface area contributed by atoms with Gasteiger partial charge in [-0.1, -0.05) is 25.1 Å². The Morgan fingerprint density at radius 1 is 1.35 bits per heavy atom. The summed E-state index contributed by atoms with van der Waals surface area (Å²) in [6.07, 6.45) is 0. The SMILES string of the molecule is CCNC(C)c1ccccc1OCC(C)(C)C(=O)OC. The Hall–Kier alpha value is -1.55. The summed E-state index contributed by atoms with van der Waals surface area (Å²) >= 11 is 0. The summed E-state index contributed by atoms with van der Waals surface area (Å²) in [5.74, 6) is 0.535. The molecule has 0 bridgehead atoms. The van der Waals surface area contributed by atoms with Crippen LogP contribution in [0.2, 0.25) is 0 Å². The van der Waals surface area contributed by atoms with Gasteiger partial charge in [-0.3, -0.25) is 4.79 Å². The van der Waals surface area contributed by atoms with Gasteiger partial charge in [0.1, 0.15) is 12.4 Å². The Balaban J connectivity index is 2.80. The average Bonchev–Trinajstić information content (AvgIpc) is 2.44. The lowest BCUT2D eigenvalue weighted by atomic mass is 9.95. The Kier molecular flexibility index (Phi) is 6.02. The molecule has 1 rings (SSSR count). The smallest absolute Gasteiger partial charge is 0.314 e. The molecule has 0 aliphatic rings. The molecule has 0 saturated heterocycles. The molecular weight excluding hydrogens is 254 g/mol. The van der Waals surface area contributed by atoms with Crippen molar-refractivity contribution >= 4 is 5.97 Å². The summed E-state index contributed by atoms with van der Waals surface area (Å²) in [6, 6.07) is 8.09. The Labute approximate surface area is 121 Å². The van der Waals surface area contributed by atoms with E-state index in [0.717, 1.165) is 17.9 Å². The van der Waals surface area contributed by atoms with Crippen LogP contribution in [0.1, 0.15) is 39.3 Å². The zero-order chi connectivity index (χ0) is 15.2. The summed E-state index contributed by atoms with van der Waals surface area (Å²) in [5.41, 5.74) is 0.429. The van der Waals surface area contributed by atoms with Crippen molar-refractivity contribution in [3.8, 4) is 5.75 Å². The molecule has 0 aromatic heterocycles. The molecule has 1 N–H and O–H groups in total. The van der Waals surface area contributed by atoms with Crippen LogP contribution in [-0.2, 0) is 9.53 Å². The molecule has 1 aromatic carbocycles. The van der Waals surface area contributed by atoms with Gasteiger partial charge in [-0.15, -0.1) is 0 Å². The highest BCUT2D eigenvalue weighted by molar-refractivity contribution is 5.75. The second-order valence-corrected chi connectivity index (χ2v) is 5.48. The van der Waals surface area contributed by atoms with Crippen LogP contribution in [0, 0.1) is 5.41 Å². The van der Waals surface area contributed by atoms with Crippen molar-refractivity contribution in [1.82, 2.24) is 5.32 Å². The number of hydrogen-bond acceptors (Lipinski definition) is 4. The minimum atomic E-state index is -0.663. The van der Waals surface area contributed by atoms with Gasteiger partial charge in [0.2, 0.25) is 0 Å². The molecule has 112 valence electrons. The fraction of sp³-hybridized carbons (Fsp3) is 0.562. The monoisotopic (exact) mass is 279 g/mol. The molecule has 0 fully saturated rings. The molecule has 1 unspecified atom stereocenters. The third-order valence-electron chi connectivity index (χ3n) is 3.22. The summed E-state index contributed by atoms with van der Waals surface area (Å²) in [5, 5.41) is 3.36. The summed E-state index contributed by atoms with van der Waals surface area (Å²) in [4.78, 5) is 11.7. The molecular formula is C16H25NO3. The van der Waals surface area contributed by atoms with Crippen molar-refractivity contribution in [1.29, 1.82) is 0 Å². The minimum Gasteiger partial charge on any atom is -0.492 e. The van der Waals surface area contributed by atoms with Gasteiger partial charge in [-0.2, -0.15) is 0 Å². The number of para-hydroxylation sites is 1. The molecule has 0 aliphatic heterocycles. The van der Waals surface area contributed by atoms with Gasteiger partial charge in [-0.25, -0.2) is 0 Å². The summed E-state index contributed by atoms with van der Waals surface area (Å²) in [7, 11) is 1.39. The number of carbonyl (C=O) groups excluding carboxylic acids is 1. The van der Waals surface area contributed by atoms with Gasteiger partial charge < -0.3 is 14.8 Å². The molecule has 4 heteroatoms. The molecule has 1 atom stereocenters. The molecule has 20 heavy (non-hydrogen) atoms. The van der Waals surface area contributed by atoms with E-state index in [-0.39, 0.29) is 18.6 Å². The number of methoxy groups -OCH3 is 1. The van der Waals surface area contributed by atoms with Crippen LogP contribution in [0.5, 0.6) is 5.75 Å².